The summed E-state index contributed by atoms with van der Waals surface area (Å²) in [4.78, 5) is 0. The van der Waals surface area contributed by atoms with Crippen LogP contribution in [0.1, 0.15) is 16.7 Å². The van der Waals surface area contributed by atoms with Crippen LogP contribution >= 0.6 is 0 Å². The molecular weight excluding hydrogens is 314 g/mol. The second-order valence-electron chi connectivity index (χ2n) is 6.83. The molecule has 0 bridgehead atoms. The van der Waals surface area contributed by atoms with Crippen LogP contribution in [-0.4, -0.2) is 33.5 Å². The van der Waals surface area contributed by atoms with Crippen LogP contribution in [0.2, 0.25) is 13.1 Å². The fourth-order valence-electron chi connectivity index (χ4n) is 2.41. The first-order valence-electron chi connectivity index (χ1n) is 8.31. The Bertz CT molecular complexity index is 654. The summed E-state index contributed by atoms with van der Waals surface area (Å²) < 4.78 is 6.12. The van der Waals surface area contributed by atoms with Crippen molar-refractivity contribution in [1.29, 1.82) is 0 Å². The molecule has 0 heterocycles. The van der Waals surface area contributed by atoms with Crippen molar-refractivity contribution in [1.82, 2.24) is 5.32 Å². The summed E-state index contributed by atoms with van der Waals surface area (Å²) >= 11 is 0. The zero-order valence-corrected chi connectivity index (χ0v) is 17.0. The van der Waals surface area contributed by atoms with Crippen LogP contribution in [-0.2, 0) is 0 Å². The van der Waals surface area contributed by atoms with Gasteiger partial charge in [0.05, 0.1) is 6.23 Å². The molecule has 2 aromatic rings. The minimum absolute atomic E-state index is 0.374. The van der Waals surface area contributed by atoms with E-state index in [1.54, 1.807) is 0 Å². The molecule has 132 valence electrons. The van der Waals surface area contributed by atoms with E-state index in [0.29, 0.717) is 5.75 Å². The molecule has 0 amide bonds. The van der Waals surface area contributed by atoms with Crippen molar-refractivity contribution in [3.05, 3.63) is 53.1 Å². The molecule has 4 heteroatoms. The number of phenols is 1. The highest BCUT2D eigenvalue weighted by molar-refractivity contribution is 6.89. The van der Waals surface area contributed by atoms with Crippen molar-refractivity contribution in [3.63, 3.8) is 0 Å². The number of phenolic OH excluding ortho intramolecular Hbond substituents is 1. The summed E-state index contributed by atoms with van der Waals surface area (Å²) in [6, 6.07) is 12.5. The Morgan fingerprint density at radius 1 is 1.00 bits per heavy atom. The molecule has 0 unspecified atom stereocenters. The van der Waals surface area contributed by atoms with Gasteiger partial charge in [-0.2, -0.15) is 0 Å². The van der Waals surface area contributed by atoms with E-state index in [2.05, 4.69) is 42.7 Å². The van der Waals surface area contributed by atoms with E-state index >= 15 is 0 Å². The zero-order valence-electron chi connectivity index (χ0n) is 16.0. The van der Waals surface area contributed by atoms with E-state index < -0.39 is 8.07 Å². The monoisotopic (exact) mass is 345 g/mol. The van der Waals surface area contributed by atoms with Gasteiger partial charge in [0.15, 0.2) is 0 Å². The van der Waals surface area contributed by atoms with Crippen molar-refractivity contribution in [3.8, 4) is 11.5 Å². The van der Waals surface area contributed by atoms with Crippen LogP contribution in [0.5, 0.6) is 11.5 Å². The van der Waals surface area contributed by atoms with Gasteiger partial charge < -0.3 is 15.2 Å². The zero-order chi connectivity index (χ0) is 18.3. The van der Waals surface area contributed by atoms with Crippen LogP contribution in [0.15, 0.2) is 36.4 Å². The van der Waals surface area contributed by atoms with Gasteiger partial charge in [0.2, 0.25) is 0 Å². The molecule has 0 spiro atoms. The molecule has 0 aliphatic rings. The van der Waals surface area contributed by atoms with E-state index in [1.165, 1.54) is 5.19 Å². The molecule has 0 saturated heterocycles. The Morgan fingerprint density at radius 3 is 2.08 bits per heavy atom. The van der Waals surface area contributed by atoms with Gasteiger partial charge in [-0.25, -0.2) is 0 Å². The number of rotatable bonds is 4. The summed E-state index contributed by atoms with van der Waals surface area (Å²) in [5, 5.41) is 14.1. The number of nitrogens with one attached hydrogen (secondary N) is 1. The average Bonchev–Trinajstić information content (AvgIpc) is 2.56. The summed E-state index contributed by atoms with van der Waals surface area (Å²) in [5.74, 6) is 1.26. The molecule has 2 rings (SSSR count). The van der Waals surface area contributed by atoms with Gasteiger partial charge in [0.1, 0.15) is 19.6 Å². The van der Waals surface area contributed by atoms with Crippen molar-refractivity contribution >= 4 is 13.3 Å². The van der Waals surface area contributed by atoms with E-state index in [9.17, 15) is 5.11 Å². The highest BCUT2D eigenvalue weighted by Gasteiger charge is 2.25. The topological polar surface area (TPSA) is 41.5 Å². The molecule has 0 radical (unpaired) electrons. The standard InChI is InChI=1S/C18H24O2Si.C2H7N/c1-13-11-17(14(2)15(3)18(13)19)20-12-21(4,5)16-9-7-6-8-10-16;1-3-2/h6-11,19H,12H2,1-5H3;3H,1-2H3. The highest BCUT2D eigenvalue weighted by Crippen LogP contribution is 2.32. The molecule has 0 saturated carbocycles. The molecular formula is C20H31NO2Si. The van der Waals surface area contributed by atoms with Gasteiger partial charge in [0, 0.05) is 0 Å². The smallest absolute Gasteiger partial charge is 0.124 e. The van der Waals surface area contributed by atoms with E-state index in [-0.39, 0.29) is 0 Å². The normalized spacial score (nSPS) is 10.8. The first kappa shape index (κ1) is 20.3. The Labute approximate surface area is 147 Å². The van der Waals surface area contributed by atoms with Crippen molar-refractivity contribution in [2.45, 2.75) is 33.9 Å². The minimum Gasteiger partial charge on any atom is -0.507 e. The maximum absolute atomic E-state index is 9.97. The Morgan fingerprint density at radius 2 is 1.54 bits per heavy atom. The van der Waals surface area contributed by atoms with Crippen molar-refractivity contribution in [2.75, 3.05) is 20.3 Å². The second-order valence-corrected chi connectivity index (χ2v) is 11.5. The van der Waals surface area contributed by atoms with Crippen LogP contribution in [0, 0.1) is 20.8 Å². The summed E-state index contributed by atoms with van der Waals surface area (Å²) in [6.07, 6.45) is 0.738. The first-order chi connectivity index (χ1) is 11.2. The molecule has 0 atom stereocenters. The molecule has 2 N–H and O–H groups in total. The number of aromatic hydroxyl groups is 1. The van der Waals surface area contributed by atoms with Gasteiger partial charge in [-0.3, -0.25) is 0 Å². The maximum atomic E-state index is 9.97. The average molecular weight is 346 g/mol. The lowest BCUT2D eigenvalue weighted by Crippen LogP contribution is -2.47. The van der Waals surface area contributed by atoms with E-state index in [0.717, 1.165) is 28.7 Å². The number of hydrogen-bond donors (Lipinski definition) is 2. The highest BCUT2D eigenvalue weighted by atomic mass is 28.3. The fourth-order valence-corrected chi connectivity index (χ4v) is 4.19. The third kappa shape index (κ3) is 5.11. The lowest BCUT2D eigenvalue weighted by Gasteiger charge is -2.24. The molecule has 0 aliphatic carbocycles. The predicted molar refractivity (Wildman–Crippen MR) is 106 cm³/mol. The van der Waals surface area contributed by atoms with E-state index in [4.69, 9.17) is 4.74 Å². The second kappa shape index (κ2) is 8.90. The first-order valence-corrected chi connectivity index (χ1v) is 11.5. The van der Waals surface area contributed by atoms with Gasteiger partial charge in [-0.15, -0.1) is 0 Å². The molecule has 24 heavy (non-hydrogen) atoms. The molecule has 0 aliphatic heterocycles. The third-order valence-corrected chi connectivity index (χ3v) is 6.91. The van der Waals surface area contributed by atoms with Crippen molar-refractivity contribution in [2.24, 2.45) is 0 Å². The molecule has 2 aromatic carbocycles. The molecule has 3 nitrogen and oxygen atoms in total. The number of hydrogen-bond acceptors (Lipinski definition) is 3. The fraction of sp³-hybridized carbons (Fsp3) is 0.400. The maximum Gasteiger partial charge on any atom is 0.124 e. The Kier molecular flexibility index (Phi) is 7.51. The van der Waals surface area contributed by atoms with Gasteiger partial charge in [-0.05, 0) is 57.6 Å². The Hall–Kier alpha value is -1.78. The van der Waals surface area contributed by atoms with Crippen molar-refractivity contribution < 1.29 is 9.84 Å². The largest absolute Gasteiger partial charge is 0.507 e. The quantitative estimate of drug-likeness (QED) is 0.831. The van der Waals surface area contributed by atoms with Gasteiger partial charge in [0.25, 0.3) is 0 Å². The van der Waals surface area contributed by atoms with Gasteiger partial charge in [-0.1, -0.05) is 48.6 Å². The lowest BCUT2D eigenvalue weighted by molar-refractivity contribution is 0.373. The van der Waals surface area contributed by atoms with E-state index in [1.807, 2.05) is 47.0 Å². The van der Waals surface area contributed by atoms with Crippen LogP contribution < -0.4 is 15.2 Å². The minimum atomic E-state index is -1.62. The molecule has 0 aromatic heterocycles. The summed E-state index contributed by atoms with van der Waals surface area (Å²) in [7, 11) is 2.13. The molecule has 0 fully saturated rings. The van der Waals surface area contributed by atoms with Crippen LogP contribution in [0.4, 0.5) is 0 Å². The van der Waals surface area contributed by atoms with Crippen LogP contribution in [0.25, 0.3) is 0 Å². The summed E-state index contributed by atoms with van der Waals surface area (Å²) in [5.41, 5.74) is 2.80. The van der Waals surface area contributed by atoms with Crippen LogP contribution in [0.3, 0.4) is 0 Å². The number of ether oxygens (including phenoxy) is 1. The third-order valence-electron chi connectivity index (χ3n) is 4.15. The number of aryl methyl sites for hydroxylation is 1. The van der Waals surface area contributed by atoms with Gasteiger partial charge >= 0.3 is 0 Å². The predicted octanol–water partition coefficient (Wildman–Crippen LogP) is 3.69. The lowest BCUT2D eigenvalue weighted by atomic mass is 10.0. The SMILES string of the molecule is CNC.Cc1cc(OC[Si](C)(C)c2ccccc2)c(C)c(C)c1O. The Balaban J connectivity index is 0.000000891. The summed E-state index contributed by atoms with van der Waals surface area (Å²) in [6.45, 7) is 10.5. The number of benzene rings is 2.